The highest BCUT2D eigenvalue weighted by Gasteiger charge is 2.34. The van der Waals surface area contributed by atoms with Crippen LogP contribution in [0.15, 0.2) is 30.3 Å². The van der Waals surface area contributed by atoms with Crippen molar-refractivity contribution in [3.63, 3.8) is 0 Å². The van der Waals surface area contributed by atoms with Crippen LogP contribution in [0.25, 0.3) is 11.1 Å². The molecule has 0 aliphatic carbocycles. The molecule has 1 aromatic heterocycles. The van der Waals surface area contributed by atoms with E-state index in [1.54, 1.807) is 7.11 Å². The van der Waals surface area contributed by atoms with Gasteiger partial charge in [-0.1, -0.05) is 12.1 Å². The zero-order valence-electron chi connectivity index (χ0n) is 14.0. The summed E-state index contributed by atoms with van der Waals surface area (Å²) >= 11 is 1.38. The third-order valence-corrected chi connectivity index (χ3v) is 5.24. The van der Waals surface area contributed by atoms with Crippen LogP contribution in [-0.4, -0.2) is 54.8 Å². The maximum Gasteiger partial charge on any atom is 0.328 e. The molecule has 3 rings (SSSR count). The van der Waals surface area contributed by atoms with E-state index < -0.39 is 12.0 Å². The van der Waals surface area contributed by atoms with E-state index >= 15 is 0 Å². The molecule has 2 heterocycles. The number of carboxylic acid groups (broad SMARTS) is 1. The summed E-state index contributed by atoms with van der Waals surface area (Å²) < 4.78 is 10.4. The van der Waals surface area contributed by atoms with Crippen LogP contribution in [0.5, 0.6) is 5.75 Å². The van der Waals surface area contributed by atoms with Crippen LogP contribution in [0, 0.1) is 6.92 Å². The van der Waals surface area contributed by atoms with Crippen molar-refractivity contribution in [3.05, 3.63) is 40.1 Å². The predicted octanol–water partition coefficient (Wildman–Crippen LogP) is 2.66. The molecule has 1 saturated heterocycles. The number of carboxylic acids is 1. The molecule has 1 amide bonds. The van der Waals surface area contributed by atoms with Crippen LogP contribution < -0.4 is 4.74 Å². The van der Waals surface area contributed by atoms with Crippen LogP contribution >= 0.6 is 11.3 Å². The number of nitrogens with zero attached hydrogens (tertiary/aromatic N) is 1. The molecule has 1 atom stereocenters. The fourth-order valence-electron chi connectivity index (χ4n) is 2.84. The van der Waals surface area contributed by atoms with Crippen molar-refractivity contribution in [2.75, 3.05) is 26.9 Å². The summed E-state index contributed by atoms with van der Waals surface area (Å²) in [6.45, 7) is 2.61. The summed E-state index contributed by atoms with van der Waals surface area (Å²) in [5, 5.41) is 9.31. The van der Waals surface area contributed by atoms with Crippen molar-refractivity contribution in [3.8, 4) is 16.9 Å². The average molecular weight is 361 g/mol. The average Bonchev–Trinajstić information content (AvgIpc) is 3.03. The van der Waals surface area contributed by atoms with Gasteiger partial charge >= 0.3 is 5.97 Å². The lowest BCUT2D eigenvalue weighted by molar-refractivity contribution is -0.147. The summed E-state index contributed by atoms with van der Waals surface area (Å²) in [5.74, 6) is -0.536. The van der Waals surface area contributed by atoms with Crippen molar-refractivity contribution in [1.82, 2.24) is 4.90 Å². The Bertz CT molecular complexity index is 783. The van der Waals surface area contributed by atoms with Gasteiger partial charge in [-0.15, -0.1) is 11.3 Å². The van der Waals surface area contributed by atoms with E-state index in [9.17, 15) is 14.7 Å². The quantitative estimate of drug-likeness (QED) is 0.906. The Labute approximate surface area is 149 Å². The molecule has 2 aromatic rings. The largest absolute Gasteiger partial charge is 0.497 e. The van der Waals surface area contributed by atoms with Gasteiger partial charge in [-0.25, -0.2) is 4.79 Å². The van der Waals surface area contributed by atoms with E-state index in [1.165, 1.54) is 16.2 Å². The zero-order valence-corrected chi connectivity index (χ0v) is 14.8. The Morgan fingerprint density at radius 2 is 2.04 bits per heavy atom. The second-order valence-electron chi connectivity index (χ2n) is 5.74. The first-order valence-electron chi connectivity index (χ1n) is 7.87. The topological polar surface area (TPSA) is 76.1 Å². The predicted molar refractivity (Wildman–Crippen MR) is 94.3 cm³/mol. The Hall–Kier alpha value is -2.38. The number of benzene rings is 1. The maximum absolute atomic E-state index is 12.8. The standard InChI is InChI=1S/C18H19NO5S/c1-11-14(12-3-5-13(23-2)6-4-12)9-16(25-11)17(20)19-7-8-24-10-15(19)18(21)22/h3-6,9,15H,7-8,10H2,1-2H3,(H,21,22). The van der Waals surface area contributed by atoms with Gasteiger partial charge in [-0.3, -0.25) is 4.79 Å². The molecule has 0 radical (unpaired) electrons. The van der Waals surface area contributed by atoms with E-state index in [2.05, 4.69) is 0 Å². The van der Waals surface area contributed by atoms with E-state index in [-0.39, 0.29) is 19.1 Å². The lowest BCUT2D eigenvalue weighted by Gasteiger charge is -2.32. The van der Waals surface area contributed by atoms with Crippen LogP contribution in [0.2, 0.25) is 0 Å². The van der Waals surface area contributed by atoms with Gasteiger partial charge in [0.25, 0.3) is 5.91 Å². The highest BCUT2D eigenvalue weighted by Crippen LogP contribution is 2.33. The monoisotopic (exact) mass is 361 g/mol. The lowest BCUT2D eigenvalue weighted by atomic mass is 10.1. The summed E-state index contributed by atoms with van der Waals surface area (Å²) in [5.41, 5.74) is 1.96. The molecule has 1 aromatic carbocycles. The number of carbonyl (C=O) groups excluding carboxylic acids is 1. The normalized spacial score (nSPS) is 17.4. The molecule has 6 nitrogen and oxygen atoms in total. The van der Waals surface area contributed by atoms with Crippen molar-refractivity contribution in [2.24, 2.45) is 0 Å². The molecule has 1 aliphatic heterocycles. The van der Waals surface area contributed by atoms with E-state index in [1.807, 2.05) is 37.3 Å². The Balaban J connectivity index is 1.88. The van der Waals surface area contributed by atoms with Gasteiger partial charge in [-0.05, 0) is 36.2 Å². The lowest BCUT2D eigenvalue weighted by Crippen LogP contribution is -2.52. The fourth-order valence-corrected chi connectivity index (χ4v) is 3.84. The summed E-state index contributed by atoms with van der Waals surface area (Å²) in [6.07, 6.45) is 0. The molecule has 1 N–H and O–H groups in total. The SMILES string of the molecule is COc1ccc(-c2cc(C(=O)N3CCOCC3C(=O)O)sc2C)cc1. The fraction of sp³-hybridized carbons (Fsp3) is 0.333. The molecule has 25 heavy (non-hydrogen) atoms. The molecular weight excluding hydrogens is 342 g/mol. The summed E-state index contributed by atoms with van der Waals surface area (Å²) in [7, 11) is 1.61. The Kier molecular flexibility index (Phi) is 5.06. The van der Waals surface area contributed by atoms with Crippen LogP contribution in [0.4, 0.5) is 0 Å². The molecule has 0 spiro atoms. The number of rotatable bonds is 4. The first-order valence-corrected chi connectivity index (χ1v) is 8.69. The molecule has 0 saturated carbocycles. The first kappa shape index (κ1) is 17.4. The summed E-state index contributed by atoms with van der Waals surface area (Å²) in [4.78, 5) is 27.1. The molecule has 132 valence electrons. The second kappa shape index (κ2) is 7.25. The number of hydrogen-bond donors (Lipinski definition) is 1. The first-order chi connectivity index (χ1) is 12.0. The zero-order chi connectivity index (χ0) is 18.0. The van der Waals surface area contributed by atoms with E-state index in [4.69, 9.17) is 9.47 Å². The van der Waals surface area contributed by atoms with Crippen LogP contribution in [0.1, 0.15) is 14.5 Å². The molecule has 1 unspecified atom stereocenters. The van der Waals surface area contributed by atoms with Crippen LogP contribution in [0.3, 0.4) is 0 Å². The second-order valence-corrected chi connectivity index (χ2v) is 6.99. The Morgan fingerprint density at radius 1 is 1.32 bits per heavy atom. The number of hydrogen-bond acceptors (Lipinski definition) is 5. The van der Waals surface area contributed by atoms with Crippen molar-refractivity contribution < 1.29 is 24.2 Å². The van der Waals surface area contributed by atoms with E-state index in [0.29, 0.717) is 11.5 Å². The molecular formula is C18H19NO5S. The number of thiophene rings is 1. The minimum absolute atomic E-state index is 0.0246. The number of amides is 1. The van der Waals surface area contributed by atoms with Gasteiger partial charge in [0.2, 0.25) is 0 Å². The number of carbonyl (C=O) groups is 2. The van der Waals surface area contributed by atoms with Gasteiger partial charge in [0.15, 0.2) is 6.04 Å². The van der Waals surface area contributed by atoms with Gasteiger partial charge in [-0.2, -0.15) is 0 Å². The Morgan fingerprint density at radius 3 is 2.68 bits per heavy atom. The molecule has 7 heteroatoms. The van der Waals surface area contributed by atoms with Gasteiger partial charge < -0.3 is 19.5 Å². The number of aliphatic carboxylic acids is 1. The van der Waals surface area contributed by atoms with Gasteiger partial charge in [0.05, 0.1) is 25.2 Å². The minimum Gasteiger partial charge on any atom is -0.497 e. The number of aryl methyl sites for hydroxylation is 1. The highest BCUT2D eigenvalue weighted by atomic mass is 32.1. The number of morpholine rings is 1. The number of methoxy groups -OCH3 is 1. The van der Waals surface area contributed by atoms with E-state index in [0.717, 1.165) is 21.8 Å². The van der Waals surface area contributed by atoms with Crippen molar-refractivity contribution in [2.45, 2.75) is 13.0 Å². The minimum atomic E-state index is -1.04. The third-order valence-electron chi connectivity index (χ3n) is 4.20. The van der Waals surface area contributed by atoms with Gasteiger partial charge in [0.1, 0.15) is 5.75 Å². The molecule has 1 aliphatic rings. The van der Waals surface area contributed by atoms with Gasteiger partial charge in [0, 0.05) is 11.4 Å². The maximum atomic E-state index is 12.8. The number of ether oxygens (including phenoxy) is 2. The smallest absolute Gasteiger partial charge is 0.328 e. The summed E-state index contributed by atoms with van der Waals surface area (Å²) in [6, 6.07) is 8.52. The highest BCUT2D eigenvalue weighted by molar-refractivity contribution is 7.14. The van der Waals surface area contributed by atoms with Crippen molar-refractivity contribution >= 4 is 23.2 Å². The van der Waals surface area contributed by atoms with Crippen LogP contribution in [-0.2, 0) is 9.53 Å². The third kappa shape index (κ3) is 3.52. The molecule has 1 fully saturated rings. The van der Waals surface area contributed by atoms with Crippen molar-refractivity contribution in [1.29, 1.82) is 0 Å². The molecule has 0 bridgehead atoms.